The third-order valence-corrected chi connectivity index (χ3v) is 6.23. The molecule has 2 heterocycles. The van der Waals surface area contributed by atoms with Gasteiger partial charge in [0.1, 0.15) is 17.5 Å². The number of carboxylic acids is 1. The van der Waals surface area contributed by atoms with Gasteiger partial charge in [0.15, 0.2) is 0 Å². The molecule has 0 saturated heterocycles. The first-order chi connectivity index (χ1) is 17.5. The van der Waals surface area contributed by atoms with Crippen molar-refractivity contribution in [2.45, 2.75) is 65.2 Å². The Bertz CT molecular complexity index is 1250. The maximum atomic E-state index is 13.8. The van der Waals surface area contributed by atoms with E-state index < -0.39 is 24.6 Å². The molecule has 0 aliphatic heterocycles. The summed E-state index contributed by atoms with van der Waals surface area (Å²) >= 11 is 0. The van der Waals surface area contributed by atoms with E-state index in [0.717, 1.165) is 39.6 Å². The Morgan fingerprint density at radius 3 is 2.46 bits per heavy atom. The fourth-order valence-corrected chi connectivity index (χ4v) is 4.44. The second-order valence-electron chi connectivity index (χ2n) is 9.37. The largest absolute Gasteiger partial charge is 0.481 e. The number of aromatic nitrogens is 3. The van der Waals surface area contributed by atoms with E-state index >= 15 is 0 Å². The molecular formula is C28H35FN4O4. The minimum absolute atomic E-state index is 0.0115. The molecule has 0 fully saturated rings. The maximum Gasteiger partial charge on any atom is 0.305 e. The monoisotopic (exact) mass is 510 g/mol. The number of benzene rings is 1. The summed E-state index contributed by atoms with van der Waals surface area (Å²) in [6.45, 7) is 8.71. The zero-order valence-corrected chi connectivity index (χ0v) is 21.9. The molecule has 8 nitrogen and oxygen atoms in total. The molecule has 0 aliphatic carbocycles. The number of pyridine rings is 1. The van der Waals surface area contributed by atoms with E-state index in [1.54, 1.807) is 24.4 Å². The number of carboxylic acid groups (broad SMARTS) is 1. The quantitative estimate of drug-likeness (QED) is 0.336. The van der Waals surface area contributed by atoms with Gasteiger partial charge in [-0.25, -0.2) is 14.1 Å². The molecule has 0 aliphatic rings. The summed E-state index contributed by atoms with van der Waals surface area (Å²) in [5, 5.41) is 33.7. The van der Waals surface area contributed by atoms with Crippen LogP contribution in [0.2, 0.25) is 0 Å². The minimum atomic E-state index is -1.17. The van der Waals surface area contributed by atoms with E-state index in [0.29, 0.717) is 6.54 Å². The lowest BCUT2D eigenvalue weighted by atomic mass is 9.90. The number of rotatable bonds is 11. The number of anilines is 2. The highest BCUT2D eigenvalue weighted by Crippen LogP contribution is 2.39. The summed E-state index contributed by atoms with van der Waals surface area (Å²) in [5.74, 6) is 0.145. The van der Waals surface area contributed by atoms with Crippen molar-refractivity contribution in [3.05, 3.63) is 65.2 Å². The highest BCUT2D eigenvalue weighted by atomic mass is 19.1. The molecular weight excluding hydrogens is 475 g/mol. The molecule has 0 bridgehead atoms. The van der Waals surface area contributed by atoms with E-state index in [-0.39, 0.29) is 18.2 Å². The van der Waals surface area contributed by atoms with Gasteiger partial charge in [-0.05, 0) is 43.0 Å². The van der Waals surface area contributed by atoms with E-state index in [1.807, 2.05) is 50.4 Å². The lowest BCUT2D eigenvalue weighted by molar-refractivity contribution is -0.139. The topological polar surface area (TPSA) is 112 Å². The van der Waals surface area contributed by atoms with Crippen molar-refractivity contribution < 1.29 is 24.5 Å². The van der Waals surface area contributed by atoms with Gasteiger partial charge in [-0.1, -0.05) is 38.1 Å². The summed E-state index contributed by atoms with van der Waals surface area (Å²) in [4.78, 5) is 17.9. The van der Waals surface area contributed by atoms with Gasteiger partial charge in [0, 0.05) is 37.2 Å². The van der Waals surface area contributed by atoms with Crippen molar-refractivity contribution in [2.24, 2.45) is 0 Å². The third-order valence-electron chi connectivity index (χ3n) is 6.23. The van der Waals surface area contributed by atoms with Crippen LogP contribution in [0.4, 0.5) is 16.0 Å². The lowest BCUT2D eigenvalue weighted by Crippen LogP contribution is -2.20. The zero-order chi connectivity index (χ0) is 27.3. The van der Waals surface area contributed by atoms with Gasteiger partial charge in [-0.3, -0.25) is 4.79 Å². The van der Waals surface area contributed by atoms with Crippen molar-refractivity contribution >= 4 is 23.7 Å². The summed E-state index contributed by atoms with van der Waals surface area (Å²) in [6.07, 6.45) is 2.25. The second-order valence-corrected chi connectivity index (χ2v) is 9.37. The number of halogens is 1. The van der Waals surface area contributed by atoms with Crippen LogP contribution in [-0.2, 0) is 11.3 Å². The summed E-state index contributed by atoms with van der Waals surface area (Å²) in [5.41, 5.74) is 4.05. The predicted molar refractivity (Wildman–Crippen MR) is 142 cm³/mol. The van der Waals surface area contributed by atoms with Crippen LogP contribution in [0, 0.1) is 12.7 Å². The number of hydrogen-bond acceptors (Lipinski definition) is 6. The van der Waals surface area contributed by atoms with Crippen molar-refractivity contribution in [3.8, 4) is 11.1 Å². The summed E-state index contributed by atoms with van der Waals surface area (Å²) < 4.78 is 15.7. The lowest BCUT2D eigenvalue weighted by Gasteiger charge is -2.26. The van der Waals surface area contributed by atoms with Gasteiger partial charge in [0.25, 0.3) is 0 Å². The normalized spacial score (nSPS) is 13.3. The Morgan fingerprint density at radius 1 is 1.19 bits per heavy atom. The van der Waals surface area contributed by atoms with Crippen molar-refractivity contribution in [3.63, 3.8) is 0 Å². The van der Waals surface area contributed by atoms with Crippen LogP contribution in [0.25, 0.3) is 17.2 Å². The van der Waals surface area contributed by atoms with Gasteiger partial charge < -0.3 is 20.2 Å². The Balaban J connectivity index is 2.17. The van der Waals surface area contributed by atoms with Crippen LogP contribution in [0.15, 0.2) is 42.6 Å². The van der Waals surface area contributed by atoms with E-state index in [9.17, 15) is 19.4 Å². The van der Waals surface area contributed by atoms with Crippen LogP contribution in [0.1, 0.15) is 56.4 Å². The summed E-state index contributed by atoms with van der Waals surface area (Å²) in [7, 11) is 1.93. The van der Waals surface area contributed by atoms with E-state index in [2.05, 4.69) is 5.10 Å². The zero-order valence-electron chi connectivity index (χ0n) is 21.9. The summed E-state index contributed by atoms with van der Waals surface area (Å²) in [6, 6.07) is 8.16. The molecule has 0 spiro atoms. The highest BCUT2D eigenvalue weighted by molar-refractivity contribution is 5.83. The van der Waals surface area contributed by atoms with Crippen LogP contribution in [-0.4, -0.2) is 55.3 Å². The van der Waals surface area contributed by atoms with Crippen molar-refractivity contribution in [2.75, 3.05) is 11.9 Å². The van der Waals surface area contributed by atoms with E-state index in [1.165, 1.54) is 18.2 Å². The molecule has 3 rings (SSSR count). The second kappa shape index (κ2) is 12.1. The van der Waals surface area contributed by atoms with Gasteiger partial charge in [-0.15, -0.1) is 0 Å². The highest BCUT2D eigenvalue weighted by Gasteiger charge is 2.23. The molecule has 2 atom stereocenters. The molecule has 0 amide bonds. The molecule has 37 heavy (non-hydrogen) atoms. The molecule has 9 heteroatoms. The molecule has 3 aromatic rings. The Labute approximate surface area is 216 Å². The average molecular weight is 511 g/mol. The molecule has 0 unspecified atom stereocenters. The number of aliphatic hydroxyl groups excluding tert-OH is 2. The molecule has 0 saturated carbocycles. The smallest absolute Gasteiger partial charge is 0.305 e. The molecule has 1 aromatic carbocycles. The fraction of sp³-hybridized carbons (Fsp3) is 0.393. The first kappa shape index (κ1) is 28.0. The maximum absolute atomic E-state index is 13.8. The number of hydrogen-bond donors (Lipinski definition) is 3. The van der Waals surface area contributed by atoms with Gasteiger partial charge in [0.05, 0.1) is 30.5 Å². The van der Waals surface area contributed by atoms with Gasteiger partial charge >= 0.3 is 5.97 Å². The third kappa shape index (κ3) is 6.61. The Kier molecular flexibility index (Phi) is 9.18. The van der Waals surface area contributed by atoms with Gasteiger partial charge in [0.2, 0.25) is 0 Å². The first-order valence-electron chi connectivity index (χ1n) is 12.4. The molecule has 3 N–H and O–H groups in total. The van der Waals surface area contributed by atoms with Crippen LogP contribution in [0.5, 0.6) is 0 Å². The van der Waals surface area contributed by atoms with E-state index in [4.69, 9.17) is 10.1 Å². The van der Waals surface area contributed by atoms with Gasteiger partial charge in [-0.2, -0.15) is 5.10 Å². The minimum Gasteiger partial charge on any atom is -0.481 e. The Morgan fingerprint density at radius 2 is 1.86 bits per heavy atom. The number of aryl methyl sites for hydroxylation is 1. The molecule has 0 radical (unpaired) electrons. The van der Waals surface area contributed by atoms with Crippen LogP contribution < -0.4 is 4.90 Å². The van der Waals surface area contributed by atoms with Crippen LogP contribution in [0.3, 0.4) is 0 Å². The first-order valence-corrected chi connectivity index (χ1v) is 12.4. The fourth-order valence-electron chi connectivity index (χ4n) is 4.44. The average Bonchev–Trinajstić information content (AvgIpc) is 3.31. The molecule has 198 valence electrons. The van der Waals surface area contributed by atoms with Crippen molar-refractivity contribution in [1.82, 2.24) is 14.8 Å². The number of aliphatic carboxylic acids is 1. The van der Waals surface area contributed by atoms with Crippen molar-refractivity contribution in [1.29, 1.82) is 0 Å². The number of aliphatic hydroxyl groups is 2. The van der Waals surface area contributed by atoms with Crippen LogP contribution >= 0.6 is 0 Å². The Hall–Kier alpha value is -3.56. The predicted octanol–water partition coefficient (Wildman–Crippen LogP) is 4.90. The number of nitrogens with zero attached hydrogens (tertiary/aromatic N) is 4. The standard InChI is InChI=1S/C28H35FN4O4/c1-6-33-24(13-14-30-33)32(5)28-18(4)26(19-7-9-20(29)10-8-19)23(27(31-28)17(2)3)12-11-21(34)15-22(35)16-25(36)37/h7-14,17,21-22,34-35H,6,15-16H2,1-5H3,(H,36,37)/b12-11+/t21-,22-/m1/s1. The SMILES string of the molecule is CCn1nccc1N(C)c1nc(C(C)C)c(/C=C/[C@@H](O)C[C@@H](O)CC(=O)O)c(-c2ccc(F)cc2)c1C. The molecule has 2 aromatic heterocycles. The number of carbonyl (C=O) groups is 1.